The minimum atomic E-state index is -3.83. The highest BCUT2D eigenvalue weighted by molar-refractivity contribution is 7.92. The third kappa shape index (κ3) is 5.64. The standard InChI is InChI=1S/C24H26N2O4S/c1-4-30-23-14-6-5-10-20(23)17-26(3)24(27)19-11-8-13-22(16-19)31(28,29)25-21-12-7-9-18(2)15-21/h5-16,25H,4,17H2,1-3H3. The van der Waals surface area contributed by atoms with E-state index < -0.39 is 10.0 Å². The molecule has 0 aliphatic rings. The fourth-order valence-electron chi connectivity index (χ4n) is 3.20. The number of rotatable bonds is 8. The van der Waals surface area contributed by atoms with E-state index in [0.717, 1.165) is 16.9 Å². The van der Waals surface area contributed by atoms with E-state index in [4.69, 9.17) is 4.74 Å². The van der Waals surface area contributed by atoms with Crippen LogP contribution in [0.1, 0.15) is 28.4 Å². The third-order valence-electron chi connectivity index (χ3n) is 4.69. The third-order valence-corrected chi connectivity index (χ3v) is 6.07. The zero-order valence-electron chi connectivity index (χ0n) is 17.8. The molecule has 0 atom stereocenters. The summed E-state index contributed by atoms with van der Waals surface area (Å²) in [5.41, 5.74) is 2.59. The first-order valence-corrected chi connectivity index (χ1v) is 11.4. The highest BCUT2D eigenvalue weighted by Gasteiger charge is 2.19. The van der Waals surface area contributed by atoms with Gasteiger partial charge in [-0.1, -0.05) is 36.4 Å². The molecule has 3 aromatic carbocycles. The smallest absolute Gasteiger partial charge is 0.261 e. The first-order chi connectivity index (χ1) is 14.8. The van der Waals surface area contributed by atoms with Crippen molar-refractivity contribution in [2.24, 2.45) is 0 Å². The zero-order chi connectivity index (χ0) is 22.4. The number of nitrogens with zero attached hydrogens (tertiary/aromatic N) is 1. The van der Waals surface area contributed by atoms with Crippen molar-refractivity contribution >= 4 is 21.6 Å². The van der Waals surface area contributed by atoms with Crippen molar-refractivity contribution in [2.45, 2.75) is 25.3 Å². The maximum atomic E-state index is 13.0. The Morgan fingerprint density at radius 3 is 2.48 bits per heavy atom. The van der Waals surface area contributed by atoms with Gasteiger partial charge in [-0.05, 0) is 55.8 Å². The lowest BCUT2D eigenvalue weighted by Gasteiger charge is -2.19. The normalized spacial score (nSPS) is 11.1. The van der Waals surface area contributed by atoms with Crippen molar-refractivity contribution < 1.29 is 17.9 Å². The summed E-state index contributed by atoms with van der Waals surface area (Å²) in [6.45, 7) is 4.66. The van der Waals surface area contributed by atoms with Crippen molar-refractivity contribution in [3.8, 4) is 5.75 Å². The van der Waals surface area contributed by atoms with Gasteiger partial charge in [-0.15, -0.1) is 0 Å². The second-order valence-corrected chi connectivity index (χ2v) is 8.89. The van der Waals surface area contributed by atoms with Gasteiger partial charge < -0.3 is 9.64 Å². The maximum Gasteiger partial charge on any atom is 0.261 e. The van der Waals surface area contributed by atoms with Gasteiger partial charge in [0.05, 0.1) is 11.5 Å². The van der Waals surface area contributed by atoms with Crippen LogP contribution < -0.4 is 9.46 Å². The SMILES string of the molecule is CCOc1ccccc1CN(C)C(=O)c1cccc(S(=O)(=O)Nc2cccc(C)c2)c1. The molecule has 0 unspecified atom stereocenters. The van der Waals surface area contributed by atoms with Gasteiger partial charge in [0, 0.05) is 30.4 Å². The molecule has 1 amide bonds. The predicted molar refractivity (Wildman–Crippen MR) is 122 cm³/mol. The Morgan fingerprint density at radius 2 is 1.74 bits per heavy atom. The summed E-state index contributed by atoms with van der Waals surface area (Å²) in [6, 6.07) is 20.7. The molecule has 0 saturated heterocycles. The number of anilines is 1. The number of benzene rings is 3. The average molecular weight is 439 g/mol. The van der Waals surface area contributed by atoms with E-state index in [9.17, 15) is 13.2 Å². The lowest BCUT2D eigenvalue weighted by Crippen LogP contribution is -2.26. The van der Waals surface area contributed by atoms with Gasteiger partial charge in [0.25, 0.3) is 15.9 Å². The number of para-hydroxylation sites is 1. The monoisotopic (exact) mass is 438 g/mol. The number of aryl methyl sites for hydroxylation is 1. The Balaban J connectivity index is 1.79. The minimum Gasteiger partial charge on any atom is -0.494 e. The van der Waals surface area contributed by atoms with Crippen molar-refractivity contribution in [1.82, 2.24) is 4.90 Å². The molecule has 0 saturated carbocycles. The van der Waals surface area contributed by atoms with E-state index in [1.807, 2.05) is 44.2 Å². The Bertz CT molecular complexity index is 1180. The van der Waals surface area contributed by atoms with Gasteiger partial charge in [-0.3, -0.25) is 9.52 Å². The van der Waals surface area contributed by atoms with Crippen molar-refractivity contribution in [2.75, 3.05) is 18.4 Å². The summed E-state index contributed by atoms with van der Waals surface area (Å²) in [7, 11) is -2.15. The minimum absolute atomic E-state index is 0.0305. The van der Waals surface area contributed by atoms with Gasteiger partial charge in [-0.2, -0.15) is 0 Å². The Hall–Kier alpha value is -3.32. The zero-order valence-corrected chi connectivity index (χ0v) is 18.6. The number of nitrogens with one attached hydrogen (secondary N) is 1. The Labute approximate surface area is 183 Å². The summed E-state index contributed by atoms with van der Waals surface area (Å²) in [5.74, 6) is 0.447. The second kappa shape index (κ2) is 9.66. The average Bonchev–Trinajstić information content (AvgIpc) is 2.74. The molecule has 0 heterocycles. The molecule has 31 heavy (non-hydrogen) atoms. The number of ether oxygens (including phenoxy) is 1. The van der Waals surface area contributed by atoms with Crippen molar-refractivity contribution in [3.63, 3.8) is 0 Å². The number of amides is 1. The molecule has 0 radical (unpaired) electrons. The van der Waals surface area contributed by atoms with Crippen LogP contribution in [-0.4, -0.2) is 32.9 Å². The molecule has 3 aromatic rings. The van der Waals surface area contributed by atoms with E-state index in [1.54, 1.807) is 37.4 Å². The van der Waals surface area contributed by atoms with Gasteiger partial charge in [0.2, 0.25) is 0 Å². The molecule has 0 aliphatic heterocycles. The molecule has 0 aliphatic carbocycles. The van der Waals surface area contributed by atoms with E-state index >= 15 is 0 Å². The van der Waals surface area contributed by atoms with Crippen LogP contribution in [0.5, 0.6) is 5.75 Å². The fraction of sp³-hybridized carbons (Fsp3) is 0.208. The van der Waals surface area contributed by atoms with Crippen LogP contribution in [0, 0.1) is 6.92 Å². The summed E-state index contributed by atoms with van der Waals surface area (Å²) >= 11 is 0. The van der Waals surface area contributed by atoms with Crippen LogP contribution in [0.15, 0.2) is 77.7 Å². The highest BCUT2D eigenvalue weighted by atomic mass is 32.2. The number of hydrogen-bond acceptors (Lipinski definition) is 4. The largest absolute Gasteiger partial charge is 0.494 e. The first-order valence-electron chi connectivity index (χ1n) is 9.96. The summed E-state index contributed by atoms with van der Waals surface area (Å²) in [4.78, 5) is 14.5. The van der Waals surface area contributed by atoms with Crippen molar-refractivity contribution in [1.29, 1.82) is 0 Å². The van der Waals surface area contributed by atoms with Gasteiger partial charge in [-0.25, -0.2) is 8.42 Å². The Kier molecular flexibility index (Phi) is 6.97. The van der Waals surface area contributed by atoms with Gasteiger partial charge >= 0.3 is 0 Å². The van der Waals surface area contributed by atoms with E-state index in [1.165, 1.54) is 17.0 Å². The molecule has 0 bridgehead atoms. The van der Waals surface area contributed by atoms with E-state index in [2.05, 4.69) is 4.72 Å². The Morgan fingerprint density at radius 1 is 1.00 bits per heavy atom. The lowest BCUT2D eigenvalue weighted by molar-refractivity contribution is 0.0783. The maximum absolute atomic E-state index is 13.0. The predicted octanol–water partition coefficient (Wildman–Crippen LogP) is 4.47. The highest BCUT2D eigenvalue weighted by Crippen LogP contribution is 2.22. The number of carbonyl (C=O) groups excluding carboxylic acids is 1. The molecule has 0 spiro atoms. The van der Waals surface area contributed by atoms with Gasteiger partial charge in [0.15, 0.2) is 0 Å². The number of sulfonamides is 1. The van der Waals surface area contributed by atoms with Crippen LogP contribution in [-0.2, 0) is 16.6 Å². The summed E-state index contributed by atoms with van der Waals surface area (Å²) in [5, 5.41) is 0. The molecule has 0 aromatic heterocycles. The summed E-state index contributed by atoms with van der Waals surface area (Å²) in [6.07, 6.45) is 0. The molecule has 0 fully saturated rings. The number of carbonyl (C=O) groups is 1. The summed E-state index contributed by atoms with van der Waals surface area (Å²) < 4.78 is 33.8. The van der Waals surface area contributed by atoms with E-state index in [0.29, 0.717) is 24.4 Å². The molecule has 162 valence electrons. The van der Waals surface area contributed by atoms with Crippen LogP contribution >= 0.6 is 0 Å². The van der Waals surface area contributed by atoms with Crippen molar-refractivity contribution in [3.05, 3.63) is 89.5 Å². The first kappa shape index (κ1) is 22.4. The van der Waals surface area contributed by atoms with E-state index in [-0.39, 0.29) is 10.8 Å². The molecule has 7 heteroatoms. The van der Waals surface area contributed by atoms with Crippen LogP contribution in [0.25, 0.3) is 0 Å². The van der Waals surface area contributed by atoms with Crippen LogP contribution in [0.3, 0.4) is 0 Å². The van der Waals surface area contributed by atoms with Crippen LogP contribution in [0.4, 0.5) is 5.69 Å². The number of hydrogen-bond donors (Lipinski definition) is 1. The fourth-order valence-corrected chi connectivity index (χ4v) is 4.29. The topological polar surface area (TPSA) is 75.7 Å². The molecule has 1 N–H and O–H groups in total. The lowest BCUT2D eigenvalue weighted by atomic mass is 10.1. The second-order valence-electron chi connectivity index (χ2n) is 7.20. The molecule has 3 rings (SSSR count). The quantitative estimate of drug-likeness (QED) is 0.563. The molecular formula is C24H26N2O4S. The van der Waals surface area contributed by atoms with Gasteiger partial charge in [0.1, 0.15) is 5.75 Å². The van der Waals surface area contributed by atoms with Crippen LogP contribution in [0.2, 0.25) is 0 Å². The molecule has 6 nitrogen and oxygen atoms in total. The molecular weight excluding hydrogens is 412 g/mol.